The van der Waals surface area contributed by atoms with Gasteiger partial charge in [0.15, 0.2) is 0 Å². The standard InChI is InChI=1S/C23H20N4O4/c1-15-12-17(16(2)26(15)20-6-8-21(9-7-20)27(29)30)13-18(14-24)23(28)25-19-4-10-22(31-3)11-5-19/h4-13H,1-3H3,(H,25,28). The van der Waals surface area contributed by atoms with Crippen LogP contribution in [0.1, 0.15) is 17.0 Å². The Balaban J connectivity index is 1.88. The second-order valence-corrected chi connectivity index (χ2v) is 6.79. The molecular weight excluding hydrogens is 396 g/mol. The lowest BCUT2D eigenvalue weighted by Crippen LogP contribution is -2.13. The van der Waals surface area contributed by atoms with Gasteiger partial charge in [0.05, 0.1) is 12.0 Å². The van der Waals surface area contributed by atoms with E-state index in [9.17, 15) is 20.2 Å². The Kier molecular flexibility index (Phi) is 6.17. The van der Waals surface area contributed by atoms with E-state index >= 15 is 0 Å². The fourth-order valence-corrected chi connectivity index (χ4v) is 3.23. The number of aryl methyl sites for hydroxylation is 1. The Morgan fingerprint density at radius 2 is 1.81 bits per heavy atom. The van der Waals surface area contributed by atoms with Gasteiger partial charge in [-0.15, -0.1) is 0 Å². The summed E-state index contributed by atoms with van der Waals surface area (Å²) in [5, 5.41) is 23.1. The van der Waals surface area contributed by atoms with E-state index in [1.54, 1.807) is 43.5 Å². The van der Waals surface area contributed by atoms with Crippen molar-refractivity contribution < 1.29 is 14.5 Å². The largest absolute Gasteiger partial charge is 0.497 e. The van der Waals surface area contributed by atoms with E-state index < -0.39 is 10.8 Å². The molecule has 156 valence electrons. The van der Waals surface area contributed by atoms with Crippen molar-refractivity contribution in [1.29, 1.82) is 5.26 Å². The van der Waals surface area contributed by atoms with Crippen molar-refractivity contribution in [2.75, 3.05) is 12.4 Å². The number of nitro groups is 1. The van der Waals surface area contributed by atoms with Gasteiger partial charge in [0.2, 0.25) is 0 Å². The smallest absolute Gasteiger partial charge is 0.269 e. The number of non-ortho nitro benzene ring substituents is 1. The van der Waals surface area contributed by atoms with Gasteiger partial charge >= 0.3 is 0 Å². The topological polar surface area (TPSA) is 110 Å². The first kappa shape index (κ1) is 21.3. The monoisotopic (exact) mass is 416 g/mol. The minimum Gasteiger partial charge on any atom is -0.497 e. The van der Waals surface area contributed by atoms with Crippen molar-refractivity contribution in [3.63, 3.8) is 0 Å². The minimum atomic E-state index is -0.521. The van der Waals surface area contributed by atoms with Crippen LogP contribution in [0.25, 0.3) is 11.8 Å². The van der Waals surface area contributed by atoms with Gasteiger partial charge in [-0.05, 0) is 68.0 Å². The molecule has 0 aliphatic carbocycles. The zero-order valence-corrected chi connectivity index (χ0v) is 17.2. The number of nitriles is 1. The first-order chi connectivity index (χ1) is 14.8. The number of nitro benzene ring substituents is 1. The summed E-state index contributed by atoms with van der Waals surface area (Å²) in [7, 11) is 1.55. The highest BCUT2D eigenvalue weighted by molar-refractivity contribution is 6.09. The third-order valence-corrected chi connectivity index (χ3v) is 4.80. The van der Waals surface area contributed by atoms with Crippen LogP contribution in [0.2, 0.25) is 0 Å². The van der Waals surface area contributed by atoms with Crippen molar-refractivity contribution in [1.82, 2.24) is 4.57 Å². The molecule has 31 heavy (non-hydrogen) atoms. The second-order valence-electron chi connectivity index (χ2n) is 6.79. The molecule has 0 saturated carbocycles. The van der Waals surface area contributed by atoms with Crippen molar-refractivity contribution in [3.05, 3.63) is 87.2 Å². The molecule has 0 atom stereocenters. The summed E-state index contributed by atoms with van der Waals surface area (Å²) in [6, 6.07) is 16.8. The van der Waals surface area contributed by atoms with Gasteiger partial charge in [-0.1, -0.05) is 0 Å². The summed E-state index contributed by atoms with van der Waals surface area (Å²) in [6.07, 6.45) is 1.53. The quantitative estimate of drug-likeness (QED) is 0.274. The summed E-state index contributed by atoms with van der Waals surface area (Å²) in [5.74, 6) is 0.139. The molecule has 8 nitrogen and oxygen atoms in total. The van der Waals surface area contributed by atoms with Crippen LogP contribution in [0, 0.1) is 35.3 Å². The van der Waals surface area contributed by atoms with E-state index in [1.807, 2.05) is 30.6 Å². The fourth-order valence-electron chi connectivity index (χ4n) is 3.23. The number of hydrogen-bond donors (Lipinski definition) is 1. The number of ether oxygens (including phenoxy) is 1. The molecule has 0 fully saturated rings. The number of carbonyl (C=O) groups is 1. The molecule has 1 aromatic heterocycles. The lowest BCUT2D eigenvalue weighted by atomic mass is 10.1. The zero-order valence-electron chi connectivity index (χ0n) is 17.2. The molecule has 0 saturated heterocycles. The van der Waals surface area contributed by atoms with Crippen molar-refractivity contribution >= 4 is 23.4 Å². The van der Waals surface area contributed by atoms with Crippen LogP contribution in [-0.2, 0) is 4.79 Å². The zero-order chi connectivity index (χ0) is 22.5. The minimum absolute atomic E-state index is 0.00769. The van der Waals surface area contributed by atoms with E-state index in [1.165, 1.54) is 18.2 Å². The predicted molar refractivity (Wildman–Crippen MR) is 117 cm³/mol. The van der Waals surface area contributed by atoms with E-state index in [0.29, 0.717) is 17.0 Å². The van der Waals surface area contributed by atoms with Crippen LogP contribution in [0.3, 0.4) is 0 Å². The lowest BCUT2D eigenvalue weighted by Gasteiger charge is -2.09. The van der Waals surface area contributed by atoms with Gasteiger partial charge in [0, 0.05) is 34.9 Å². The maximum atomic E-state index is 12.6. The number of aromatic nitrogens is 1. The molecule has 0 aliphatic rings. The number of amides is 1. The molecule has 2 aromatic carbocycles. The molecule has 3 aromatic rings. The number of nitrogens with zero attached hydrogens (tertiary/aromatic N) is 3. The number of benzene rings is 2. The Hall–Kier alpha value is -4.38. The van der Waals surface area contributed by atoms with Gasteiger partial charge < -0.3 is 14.6 Å². The molecule has 0 radical (unpaired) electrons. The molecule has 0 aliphatic heterocycles. The highest BCUT2D eigenvalue weighted by Crippen LogP contribution is 2.25. The maximum absolute atomic E-state index is 12.6. The first-order valence-electron chi connectivity index (χ1n) is 9.35. The Morgan fingerprint density at radius 1 is 1.16 bits per heavy atom. The summed E-state index contributed by atoms with van der Waals surface area (Å²) in [5.41, 5.74) is 3.64. The summed E-state index contributed by atoms with van der Waals surface area (Å²) in [4.78, 5) is 23.0. The van der Waals surface area contributed by atoms with Gasteiger partial charge in [0.1, 0.15) is 17.4 Å². The van der Waals surface area contributed by atoms with Gasteiger partial charge in [-0.2, -0.15) is 5.26 Å². The number of methoxy groups -OCH3 is 1. The summed E-state index contributed by atoms with van der Waals surface area (Å²) in [6.45, 7) is 3.74. The molecular formula is C23H20N4O4. The highest BCUT2D eigenvalue weighted by atomic mass is 16.6. The Bertz CT molecular complexity index is 1200. The van der Waals surface area contributed by atoms with Crippen LogP contribution >= 0.6 is 0 Å². The highest BCUT2D eigenvalue weighted by Gasteiger charge is 2.15. The Labute approximate surface area is 179 Å². The number of carbonyl (C=O) groups excluding carboxylic acids is 1. The summed E-state index contributed by atoms with van der Waals surface area (Å²) >= 11 is 0. The summed E-state index contributed by atoms with van der Waals surface area (Å²) < 4.78 is 7.00. The molecule has 1 N–H and O–H groups in total. The lowest BCUT2D eigenvalue weighted by molar-refractivity contribution is -0.384. The molecule has 1 heterocycles. The van der Waals surface area contributed by atoms with Gasteiger partial charge in [-0.3, -0.25) is 14.9 Å². The van der Waals surface area contributed by atoms with Crippen LogP contribution in [0.4, 0.5) is 11.4 Å². The maximum Gasteiger partial charge on any atom is 0.269 e. The second kappa shape index (κ2) is 8.97. The third-order valence-electron chi connectivity index (χ3n) is 4.80. The van der Waals surface area contributed by atoms with Crippen LogP contribution < -0.4 is 10.1 Å². The van der Waals surface area contributed by atoms with Crippen molar-refractivity contribution in [3.8, 4) is 17.5 Å². The van der Waals surface area contributed by atoms with Crippen molar-refractivity contribution in [2.45, 2.75) is 13.8 Å². The first-order valence-corrected chi connectivity index (χ1v) is 9.35. The molecule has 0 bridgehead atoms. The van der Waals surface area contributed by atoms with Gasteiger partial charge in [0.25, 0.3) is 11.6 Å². The number of anilines is 1. The SMILES string of the molecule is COc1ccc(NC(=O)C(C#N)=Cc2cc(C)n(-c3ccc([N+](=O)[O-])cc3)c2C)cc1. The number of hydrogen-bond acceptors (Lipinski definition) is 5. The van der Waals surface area contributed by atoms with E-state index in [4.69, 9.17) is 4.74 Å². The molecule has 3 rings (SSSR count). The third kappa shape index (κ3) is 4.62. The average Bonchev–Trinajstić information content (AvgIpc) is 3.05. The number of rotatable bonds is 6. The predicted octanol–water partition coefficient (Wildman–Crippen LogP) is 4.56. The molecule has 1 amide bonds. The molecule has 0 spiro atoms. The van der Waals surface area contributed by atoms with E-state index in [2.05, 4.69) is 5.32 Å². The van der Waals surface area contributed by atoms with Crippen LogP contribution in [0.5, 0.6) is 5.75 Å². The number of nitrogens with one attached hydrogen (secondary N) is 1. The van der Waals surface area contributed by atoms with E-state index in [0.717, 1.165) is 17.1 Å². The van der Waals surface area contributed by atoms with E-state index in [-0.39, 0.29) is 11.3 Å². The Morgan fingerprint density at radius 3 is 2.35 bits per heavy atom. The molecule has 8 heteroatoms. The van der Waals surface area contributed by atoms with Crippen molar-refractivity contribution in [2.24, 2.45) is 0 Å². The normalized spacial score (nSPS) is 11.0. The fraction of sp³-hybridized carbons (Fsp3) is 0.130. The van der Waals surface area contributed by atoms with Crippen LogP contribution in [-0.4, -0.2) is 22.5 Å². The van der Waals surface area contributed by atoms with Crippen LogP contribution in [0.15, 0.2) is 60.2 Å². The molecule has 0 unspecified atom stereocenters. The van der Waals surface area contributed by atoms with Gasteiger partial charge in [-0.25, -0.2) is 0 Å². The average molecular weight is 416 g/mol.